The highest BCUT2D eigenvalue weighted by atomic mass is 32.1. The Morgan fingerprint density at radius 2 is 1.91 bits per heavy atom. The molecule has 1 N–H and O–H groups in total. The average Bonchev–Trinajstić information content (AvgIpc) is 3.08. The van der Waals surface area contributed by atoms with Crippen LogP contribution in [0, 0.1) is 6.92 Å². The van der Waals surface area contributed by atoms with Gasteiger partial charge in [0.1, 0.15) is 10.9 Å². The monoisotopic (exact) mass is 313 g/mol. The predicted octanol–water partition coefficient (Wildman–Crippen LogP) is 3.89. The summed E-state index contributed by atoms with van der Waals surface area (Å²) in [5.41, 5.74) is 2.17. The van der Waals surface area contributed by atoms with E-state index in [9.17, 15) is 14.7 Å². The zero-order valence-electron chi connectivity index (χ0n) is 12.2. The maximum absolute atomic E-state index is 12.8. The molecule has 0 bridgehead atoms. The first-order valence-electron chi connectivity index (χ1n) is 6.92. The number of hydrogen-bond acceptors (Lipinski definition) is 3. The first-order valence-corrected chi connectivity index (χ1v) is 7.80. The van der Waals surface area contributed by atoms with Gasteiger partial charge in [0.25, 0.3) is 0 Å². The van der Waals surface area contributed by atoms with E-state index in [1.54, 1.807) is 29.8 Å². The number of carboxylic acids is 1. The van der Waals surface area contributed by atoms with Crippen molar-refractivity contribution >= 4 is 33.3 Å². The molecule has 1 unspecified atom stereocenters. The number of carbonyl (C=O) groups is 2. The lowest BCUT2D eigenvalue weighted by molar-refractivity contribution is -0.140. The van der Waals surface area contributed by atoms with Gasteiger partial charge in [0, 0.05) is 22.7 Å². The summed E-state index contributed by atoms with van der Waals surface area (Å²) in [6.07, 6.45) is 1.67. The molecule has 0 radical (unpaired) electrons. The molecule has 0 amide bonds. The van der Waals surface area contributed by atoms with Gasteiger partial charge in [0.05, 0.1) is 0 Å². The molecular weight excluding hydrogens is 298 g/mol. The summed E-state index contributed by atoms with van der Waals surface area (Å²) < 4.78 is 1.67. The molecule has 5 heteroatoms. The lowest BCUT2D eigenvalue weighted by atomic mass is 10.0. The van der Waals surface area contributed by atoms with E-state index in [-0.39, 0.29) is 5.78 Å². The highest BCUT2D eigenvalue weighted by Gasteiger charge is 2.23. The lowest BCUT2D eigenvalue weighted by Crippen LogP contribution is -2.14. The van der Waals surface area contributed by atoms with Crippen molar-refractivity contribution in [3.63, 3.8) is 0 Å². The summed E-state index contributed by atoms with van der Waals surface area (Å²) in [5, 5.41) is 12.1. The third-order valence-corrected chi connectivity index (χ3v) is 4.89. The first kappa shape index (κ1) is 14.5. The summed E-state index contributed by atoms with van der Waals surface area (Å²) in [4.78, 5) is 24.9. The van der Waals surface area contributed by atoms with Crippen LogP contribution in [0.25, 0.3) is 10.2 Å². The normalized spacial score (nSPS) is 12.5. The topological polar surface area (TPSA) is 59.3 Å². The minimum atomic E-state index is -0.915. The highest BCUT2D eigenvalue weighted by Crippen LogP contribution is 2.34. The molecule has 0 aliphatic rings. The molecule has 0 saturated carbocycles. The third kappa shape index (κ3) is 2.23. The number of aryl methyl sites for hydroxylation is 1. The first-order chi connectivity index (χ1) is 10.5. The van der Waals surface area contributed by atoms with Crippen molar-refractivity contribution in [2.24, 2.45) is 0 Å². The largest absolute Gasteiger partial charge is 0.480 e. The van der Waals surface area contributed by atoms with Crippen molar-refractivity contribution in [1.82, 2.24) is 4.57 Å². The third-order valence-electron chi connectivity index (χ3n) is 3.78. The molecule has 1 aromatic carbocycles. The standard InChI is InChI=1S/C17H15NO3S/c1-10-9-22-16-14(10)13(8-18(16)11(2)17(20)21)15(19)12-6-4-3-5-7-12/h3-9,11H,1-2H3,(H,20,21). The number of aromatic nitrogens is 1. The zero-order valence-corrected chi connectivity index (χ0v) is 13.1. The van der Waals surface area contributed by atoms with E-state index in [1.165, 1.54) is 11.3 Å². The Labute approximate surface area is 131 Å². The van der Waals surface area contributed by atoms with Crippen LogP contribution in [0.1, 0.15) is 34.5 Å². The van der Waals surface area contributed by atoms with E-state index < -0.39 is 12.0 Å². The van der Waals surface area contributed by atoms with E-state index >= 15 is 0 Å². The van der Waals surface area contributed by atoms with Gasteiger partial charge < -0.3 is 9.67 Å². The van der Waals surface area contributed by atoms with E-state index in [0.717, 1.165) is 15.8 Å². The summed E-state index contributed by atoms with van der Waals surface area (Å²) in [6.45, 7) is 3.56. The Balaban J connectivity index is 2.20. The van der Waals surface area contributed by atoms with Gasteiger partial charge in [0.15, 0.2) is 5.78 Å². The zero-order chi connectivity index (χ0) is 15.9. The average molecular weight is 313 g/mol. The molecule has 0 fully saturated rings. The van der Waals surface area contributed by atoms with Crippen LogP contribution in [0.15, 0.2) is 41.9 Å². The number of hydrogen-bond donors (Lipinski definition) is 1. The van der Waals surface area contributed by atoms with Crippen molar-refractivity contribution in [3.05, 3.63) is 58.6 Å². The van der Waals surface area contributed by atoms with Gasteiger partial charge >= 0.3 is 5.97 Å². The van der Waals surface area contributed by atoms with Gasteiger partial charge in [0.2, 0.25) is 0 Å². The molecule has 1 atom stereocenters. The van der Waals surface area contributed by atoms with E-state index in [4.69, 9.17) is 0 Å². The molecule has 22 heavy (non-hydrogen) atoms. The molecular formula is C17H15NO3S. The number of carboxylic acid groups (broad SMARTS) is 1. The maximum atomic E-state index is 12.8. The number of carbonyl (C=O) groups excluding carboxylic acids is 1. The highest BCUT2D eigenvalue weighted by molar-refractivity contribution is 7.17. The maximum Gasteiger partial charge on any atom is 0.326 e. The van der Waals surface area contributed by atoms with Gasteiger partial charge in [-0.15, -0.1) is 11.3 Å². The summed E-state index contributed by atoms with van der Waals surface area (Å²) in [6, 6.07) is 8.34. The van der Waals surface area contributed by atoms with Crippen molar-refractivity contribution in [3.8, 4) is 0 Å². The number of rotatable bonds is 4. The van der Waals surface area contributed by atoms with Crippen molar-refractivity contribution in [2.45, 2.75) is 19.9 Å². The minimum Gasteiger partial charge on any atom is -0.480 e. The van der Waals surface area contributed by atoms with Crippen LogP contribution in [0.5, 0.6) is 0 Å². The molecule has 0 aliphatic heterocycles. The molecule has 2 heterocycles. The SMILES string of the molecule is Cc1csc2c1c(C(=O)c1ccccc1)cn2C(C)C(=O)O. The molecule has 0 saturated heterocycles. The second-order valence-corrected chi connectivity index (χ2v) is 6.12. The molecule has 2 aromatic heterocycles. The lowest BCUT2D eigenvalue weighted by Gasteiger charge is -2.08. The number of aliphatic carboxylic acids is 1. The molecule has 3 rings (SSSR count). The van der Waals surface area contributed by atoms with E-state index in [1.807, 2.05) is 30.5 Å². The van der Waals surface area contributed by atoms with Gasteiger partial charge in [-0.05, 0) is 24.8 Å². The van der Waals surface area contributed by atoms with Gasteiger partial charge in [-0.1, -0.05) is 30.3 Å². The second kappa shape index (κ2) is 5.42. The number of thiophene rings is 1. The Morgan fingerprint density at radius 1 is 1.23 bits per heavy atom. The second-order valence-electron chi connectivity index (χ2n) is 5.26. The van der Waals surface area contributed by atoms with E-state index in [2.05, 4.69) is 0 Å². The van der Waals surface area contributed by atoms with Gasteiger partial charge in [-0.3, -0.25) is 4.79 Å². The quantitative estimate of drug-likeness (QED) is 0.743. The Kier molecular flexibility index (Phi) is 3.58. The fourth-order valence-electron chi connectivity index (χ4n) is 2.53. The van der Waals surface area contributed by atoms with Crippen molar-refractivity contribution < 1.29 is 14.7 Å². The summed E-state index contributed by atoms with van der Waals surface area (Å²) in [5.74, 6) is -0.995. The minimum absolute atomic E-state index is 0.0801. The summed E-state index contributed by atoms with van der Waals surface area (Å²) in [7, 11) is 0. The van der Waals surface area contributed by atoms with Crippen LogP contribution >= 0.6 is 11.3 Å². The van der Waals surface area contributed by atoms with Crippen LogP contribution in [-0.2, 0) is 4.79 Å². The molecule has 112 valence electrons. The van der Waals surface area contributed by atoms with Crippen LogP contribution in [0.4, 0.5) is 0 Å². The Bertz CT molecular complexity index is 861. The number of fused-ring (bicyclic) bond motifs is 1. The number of nitrogens with zero attached hydrogens (tertiary/aromatic N) is 1. The van der Waals surface area contributed by atoms with Crippen molar-refractivity contribution in [2.75, 3.05) is 0 Å². The fourth-order valence-corrected chi connectivity index (χ4v) is 3.66. The van der Waals surface area contributed by atoms with E-state index in [0.29, 0.717) is 11.1 Å². The Hall–Kier alpha value is -2.40. The molecule has 0 spiro atoms. The number of ketones is 1. The smallest absolute Gasteiger partial charge is 0.326 e. The molecule has 0 aliphatic carbocycles. The van der Waals surface area contributed by atoms with Crippen LogP contribution < -0.4 is 0 Å². The van der Waals surface area contributed by atoms with Crippen molar-refractivity contribution in [1.29, 1.82) is 0 Å². The number of benzene rings is 1. The van der Waals surface area contributed by atoms with Gasteiger partial charge in [-0.25, -0.2) is 4.79 Å². The summed E-state index contributed by atoms with van der Waals surface area (Å²) >= 11 is 1.47. The van der Waals surface area contributed by atoms with Gasteiger partial charge in [-0.2, -0.15) is 0 Å². The molecule has 4 nitrogen and oxygen atoms in total. The Morgan fingerprint density at radius 3 is 2.55 bits per heavy atom. The van der Waals surface area contributed by atoms with Crippen LogP contribution in [0.3, 0.4) is 0 Å². The fraction of sp³-hybridized carbons (Fsp3) is 0.176. The predicted molar refractivity (Wildman–Crippen MR) is 86.8 cm³/mol. The molecule has 3 aromatic rings. The van der Waals surface area contributed by atoms with Crippen LogP contribution in [-0.4, -0.2) is 21.4 Å². The van der Waals surface area contributed by atoms with Crippen LogP contribution in [0.2, 0.25) is 0 Å².